The van der Waals surface area contributed by atoms with E-state index in [2.05, 4.69) is 32.6 Å². The van der Waals surface area contributed by atoms with Crippen LogP contribution in [0.15, 0.2) is 35.5 Å². The minimum atomic E-state index is -0.630. The van der Waals surface area contributed by atoms with Crippen LogP contribution in [0.2, 0.25) is 0 Å². The third-order valence-electron chi connectivity index (χ3n) is 8.96. The van der Waals surface area contributed by atoms with Crippen molar-refractivity contribution < 1.29 is 19.7 Å². The van der Waals surface area contributed by atoms with Crippen molar-refractivity contribution >= 4 is 5.97 Å². The van der Waals surface area contributed by atoms with Crippen molar-refractivity contribution in [2.24, 2.45) is 29.1 Å². The fraction of sp³-hybridized carbons (Fsp3) is 0.741. The topological polar surface area (TPSA) is 66.8 Å². The molecule has 3 saturated carbocycles. The molecule has 8 atom stereocenters. The molecule has 4 aliphatic rings. The van der Waals surface area contributed by atoms with E-state index in [1.165, 1.54) is 25.7 Å². The van der Waals surface area contributed by atoms with E-state index >= 15 is 0 Å². The Labute approximate surface area is 187 Å². The van der Waals surface area contributed by atoms with Crippen LogP contribution in [0.25, 0.3) is 0 Å². The van der Waals surface area contributed by atoms with E-state index in [4.69, 9.17) is 4.74 Å². The molecule has 4 fully saturated rings. The predicted octanol–water partition coefficient (Wildman–Crippen LogP) is 5.11. The van der Waals surface area contributed by atoms with Crippen LogP contribution in [-0.2, 0) is 9.53 Å². The lowest BCUT2D eigenvalue weighted by Gasteiger charge is -2.44. The number of hydrogen-bond acceptors (Lipinski definition) is 4. The van der Waals surface area contributed by atoms with Gasteiger partial charge in [-0.15, -0.1) is 0 Å². The van der Waals surface area contributed by atoms with E-state index in [9.17, 15) is 15.0 Å². The van der Waals surface area contributed by atoms with E-state index in [1.807, 2.05) is 6.92 Å². The van der Waals surface area contributed by atoms with Gasteiger partial charge in [0.2, 0.25) is 0 Å². The molecule has 1 aliphatic heterocycles. The Bertz CT molecular complexity index is 764. The van der Waals surface area contributed by atoms with Crippen LogP contribution < -0.4 is 0 Å². The van der Waals surface area contributed by atoms with Gasteiger partial charge in [0.15, 0.2) is 0 Å². The lowest BCUT2D eigenvalue weighted by Crippen LogP contribution is -2.36. The Morgan fingerprint density at radius 3 is 2.58 bits per heavy atom. The van der Waals surface area contributed by atoms with Gasteiger partial charge in [0.05, 0.1) is 18.1 Å². The number of carbonyl (C=O) groups is 1. The van der Waals surface area contributed by atoms with Crippen LogP contribution in [0.5, 0.6) is 0 Å². The summed E-state index contributed by atoms with van der Waals surface area (Å²) in [6, 6.07) is 0. The molecule has 0 aromatic heterocycles. The Morgan fingerprint density at radius 1 is 1.23 bits per heavy atom. The normalized spacial score (nSPS) is 43.1. The van der Waals surface area contributed by atoms with Gasteiger partial charge in [0, 0.05) is 0 Å². The monoisotopic (exact) mass is 428 g/mol. The second-order valence-corrected chi connectivity index (χ2v) is 11.1. The highest BCUT2D eigenvalue weighted by Gasteiger charge is 2.51. The zero-order chi connectivity index (χ0) is 22.3. The van der Waals surface area contributed by atoms with E-state index in [1.54, 1.807) is 5.57 Å². The van der Waals surface area contributed by atoms with Crippen molar-refractivity contribution in [1.82, 2.24) is 0 Å². The molecule has 172 valence electrons. The first-order valence-corrected chi connectivity index (χ1v) is 12.3. The molecule has 1 heterocycles. The lowest BCUT2D eigenvalue weighted by molar-refractivity contribution is -0.144. The molecule has 0 amide bonds. The molecule has 0 radical (unpaired) electrons. The maximum Gasteiger partial charge on any atom is 0.309 e. The Kier molecular flexibility index (Phi) is 6.52. The molecule has 2 unspecified atom stereocenters. The van der Waals surface area contributed by atoms with Gasteiger partial charge in [-0.25, -0.2) is 0 Å². The third-order valence-corrected chi connectivity index (χ3v) is 8.96. The Morgan fingerprint density at radius 2 is 1.94 bits per heavy atom. The molecule has 31 heavy (non-hydrogen) atoms. The molecule has 4 nitrogen and oxygen atoms in total. The maximum atomic E-state index is 11.8. The number of cyclic esters (lactones) is 1. The molecule has 2 N–H and O–H groups in total. The van der Waals surface area contributed by atoms with Crippen LogP contribution in [-0.4, -0.2) is 34.5 Å². The number of ether oxygens (including phenoxy) is 1. The van der Waals surface area contributed by atoms with Crippen molar-refractivity contribution in [3.8, 4) is 0 Å². The van der Waals surface area contributed by atoms with Gasteiger partial charge in [-0.1, -0.05) is 50.6 Å². The summed E-state index contributed by atoms with van der Waals surface area (Å²) in [5.41, 5.74) is 3.53. The predicted molar refractivity (Wildman–Crippen MR) is 122 cm³/mol. The number of hydrogen-bond donors (Lipinski definition) is 2. The minimum Gasteiger partial charge on any atom is -0.462 e. The average molecular weight is 429 g/mol. The number of aliphatic hydroxyl groups excluding tert-OH is 2. The van der Waals surface area contributed by atoms with Crippen LogP contribution in [0, 0.1) is 29.1 Å². The van der Waals surface area contributed by atoms with E-state index in [0.717, 1.165) is 24.8 Å². The fourth-order valence-electron chi connectivity index (χ4n) is 7.18. The number of carbonyl (C=O) groups excluding carboxylic acids is 1. The number of aliphatic hydroxyl groups is 2. The van der Waals surface area contributed by atoms with Crippen molar-refractivity contribution in [2.45, 2.75) is 96.9 Å². The number of rotatable bonds is 4. The Balaban J connectivity index is 1.45. The molecule has 4 heteroatoms. The van der Waals surface area contributed by atoms with Gasteiger partial charge in [-0.05, 0) is 86.5 Å². The first-order valence-electron chi connectivity index (χ1n) is 12.3. The van der Waals surface area contributed by atoms with Crippen LogP contribution in [0.1, 0.15) is 78.6 Å². The summed E-state index contributed by atoms with van der Waals surface area (Å²) in [4.78, 5) is 11.8. The van der Waals surface area contributed by atoms with E-state index in [-0.39, 0.29) is 18.0 Å². The quantitative estimate of drug-likeness (QED) is 0.483. The van der Waals surface area contributed by atoms with Gasteiger partial charge < -0.3 is 14.9 Å². The van der Waals surface area contributed by atoms with Gasteiger partial charge in [0.25, 0.3) is 0 Å². The molecule has 0 bridgehead atoms. The molecule has 0 aromatic carbocycles. The number of allylic oxidation sites excluding steroid dienone is 3. The first-order chi connectivity index (χ1) is 14.7. The average Bonchev–Trinajstić information content (AvgIpc) is 3.22. The summed E-state index contributed by atoms with van der Waals surface area (Å²) < 4.78 is 5.62. The number of fused-ring (bicyclic) bond motifs is 1. The van der Waals surface area contributed by atoms with Crippen LogP contribution >= 0.6 is 0 Å². The smallest absolute Gasteiger partial charge is 0.309 e. The molecule has 4 rings (SSSR count). The molecule has 0 spiro atoms. The molecular formula is C27H40O4. The van der Waals surface area contributed by atoms with Crippen LogP contribution in [0.3, 0.4) is 0 Å². The van der Waals surface area contributed by atoms with Crippen molar-refractivity contribution in [2.75, 3.05) is 0 Å². The molecule has 0 aromatic rings. The highest BCUT2D eigenvalue weighted by Crippen LogP contribution is 2.60. The Hall–Kier alpha value is -1.39. The SMILES string of the molecule is C=C1[C@H](O)CC(=C/C=C2\CCC[C@]3(C)C([C@H](C)C[C@H]4CC(C)C(=O)O4)CC[C@@H]23)C[C@H]1O. The summed E-state index contributed by atoms with van der Waals surface area (Å²) in [6.07, 6.45) is 12.5. The first kappa shape index (κ1) is 22.8. The van der Waals surface area contributed by atoms with Gasteiger partial charge in [-0.3, -0.25) is 4.79 Å². The van der Waals surface area contributed by atoms with Crippen molar-refractivity contribution in [3.63, 3.8) is 0 Å². The summed E-state index contributed by atoms with van der Waals surface area (Å²) >= 11 is 0. The maximum absolute atomic E-state index is 11.8. The van der Waals surface area contributed by atoms with Crippen LogP contribution in [0.4, 0.5) is 0 Å². The minimum absolute atomic E-state index is 0.0230. The molecule has 1 saturated heterocycles. The van der Waals surface area contributed by atoms with E-state index in [0.29, 0.717) is 41.6 Å². The van der Waals surface area contributed by atoms with Gasteiger partial charge in [0.1, 0.15) is 6.10 Å². The molecular weight excluding hydrogens is 388 g/mol. The second kappa shape index (κ2) is 8.86. The molecule has 3 aliphatic carbocycles. The van der Waals surface area contributed by atoms with Gasteiger partial charge >= 0.3 is 5.97 Å². The van der Waals surface area contributed by atoms with Crippen molar-refractivity contribution in [3.05, 3.63) is 35.5 Å². The van der Waals surface area contributed by atoms with Gasteiger partial charge in [-0.2, -0.15) is 0 Å². The zero-order valence-corrected chi connectivity index (χ0v) is 19.5. The highest BCUT2D eigenvalue weighted by atomic mass is 16.5. The van der Waals surface area contributed by atoms with E-state index < -0.39 is 12.2 Å². The second-order valence-electron chi connectivity index (χ2n) is 11.1. The fourth-order valence-corrected chi connectivity index (χ4v) is 7.18. The number of esters is 1. The third kappa shape index (κ3) is 4.43. The highest BCUT2D eigenvalue weighted by molar-refractivity contribution is 5.74. The lowest BCUT2D eigenvalue weighted by atomic mass is 9.60. The summed E-state index contributed by atoms with van der Waals surface area (Å²) in [6.45, 7) is 10.7. The zero-order valence-electron chi connectivity index (χ0n) is 19.5. The summed E-state index contributed by atoms with van der Waals surface area (Å²) in [5.74, 6) is 1.88. The summed E-state index contributed by atoms with van der Waals surface area (Å²) in [5, 5.41) is 20.3. The standard InChI is InChI=1S/C27H40O4/c1-16(12-21-13-17(2)26(30)31-21)22-9-10-23-20(6-5-11-27(22,23)4)8-7-19-14-24(28)18(3)25(29)15-19/h7-8,16-17,21-25,28-29H,3,5-6,9-15H2,1-2,4H3/b20-8+/t16-,17?,21+,22?,23+,24-,25-,27-/m1/s1. The largest absolute Gasteiger partial charge is 0.462 e. The summed E-state index contributed by atoms with van der Waals surface area (Å²) in [7, 11) is 0. The van der Waals surface area contributed by atoms with Crippen molar-refractivity contribution in [1.29, 1.82) is 0 Å².